The number of amides is 1. The van der Waals surface area contributed by atoms with Gasteiger partial charge in [0.2, 0.25) is 0 Å². The van der Waals surface area contributed by atoms with E-state index in [1.165, 1.54) is 27.8 Å². The van der Waals surface area contributed by atoms with Crippen LogP contribution in [0.25, 0.3) is 16.7 Å². The molecule has 1 fully saturated rings. The monoisotopic (exact) mass is 427 g/mol. The van der Waals surface area contributed by atoms with Crippen LogP contribution in [-0.2, 0) is 16.5 Å². The van der Waals surface area contributed by atoms with E-state index in [0.717, 1.165) is 12.0 Å². The van der Waals surface area contributed by atoms with E-state index in [2.05, 4.69) is 59.7 Å². The fraction of sp³-hybridized carbons (Fsp3) is 0.308. The highest BCUT2D eigenvalue weighted by Crippen LogP contribution is 2.44. The van der Waals surface area contributed by atoms with Crippen LogP contribution in [0.4, 0.5) is 4.79 Å². The van der Waals surface area contributed by atoms with Crippen LogP contribution in [0.2, 0.25) is 0 Å². The van der Waals surface area contributed by atoms with Crippen LogP contribution in [0.3, 0.4) is 0 Å². The zero-order valence-electron chi connectivity index (χ0n) is 18.0. The Balaban J connectivity index is 1.22. The first-order valence-corrected chi connectivity index (χ1v) is 11.1. The summed E-state index contributed by atoms with van der Waals surface area (Å²) in [5.41, 5.74) is 7.24. The van der Waals surface area contributed by atoms with Crippen molar-refractivity contribution in [2.75, 3.05) is 19.8 Å². The van der Waals surface area contributed by atoms with E-state index < -0.39 is 0 Å². The quantitative estimate of drug-likeness (QED) is 0.628. The van der Waals surface area contributed by atoms with Crippen LogP contribution >= 0.6 is 0 Å². The number of benzene rings is 2. The molecule has 1 amide bonds. The fourth-order valence-corrected chi connectivity index (χ4v) is 5.35. The molecule has 3 aliphatic rings. The summed E-state index contributed by atoms with van der Waals surface area (Å²) in [4.78, 5) is 15.1. The Hall–Kier alpha value is -3.38. The third kappa shape index (κ3) is 3.14. The third-order valence-electron chi connectivity index (χ3n) is 6.82. The Morgan fingerprint density at radius 3 is 2.47 bits per heavy atom. The first-order chi connectivity index (χ1) is 15.7. The molecular formula is C26H25N3O3. The van der Waals surface area contributed by atoms with Gasteiger partial charge in [0.15, 0.2) is 0 Å². The zero-order chi connectivity index (χ0) is 21.7. The molecule has 1 aromatic heterocycles. The molecule has 3 heterocycles. The molecular weight excluding hydrogens is 402 g/mol. The van der Waals surface area contributed by atoms with Gasteiger partial charge < -0.3 is 9.47 Å². The lowest BCUT2D eigenvalue weighted by atomic mass is 9.91. The maximum atomic E-state index is 13.2. The van der Waals surface area contributed by atoms with Crippen LogP contribution in [0, 0.1) is 0 Å². The number of rotatable bonds is 3. The highest BCUT2D eigenvalue weighted by Gasteiger charge is 2.40. The van der Waals surface area contributed by atoms with E-state index in [4.69, 9.17) is 9.47 Å². The van der Waals surface area contributed by atoms with Gasteiger partial charge in [0, 0.05) is 24.7 Å². The van der Waals surface area contributed by atoms with Crippen molar-refractivity contribution in [2.45, 2.75) is 24.4 Å². The molecule has 0 N–H and O–H groups in total. The molecule has 2 bridgehead atoms. The molecule has 0 spiro atoms. The number of aryl methyl sites for hydroxylation is 1. The molecule has 6 nitrogen and oxygen atoms in total. The Kier molecular flexibility index (Phi) is 4.61. The predicted octanol–water partition coefficient (Wildman–Crippen LogP) is 4.23. The Bertz CT molecular complexity index is 1170. The fourth-order valence-electron chi connectivity index (χ4n) is 5.35. The summed E-state index contributed by atoms with van der Waals surface area (Å²) in [6, 6.07) is 16.7. The Morgan fingerprint density at radius 2 is 1.81 bits per heavy atom. The molecule has 6 heteroatoms. The van der Waals surface area contributed by atoms with E-state index in [-0.39, 0.29) is 24.1 Å². The van der Waals surface area contributed by atoms with Crippen molar-refractivity contribution in [1.82, 2.24) is 14.7 Å². The van der Waals surface area contributed by atoms with E-state index >= 15 is 0 Å². The average molecular weight is 428 g/mol. The second kappa shape index (κ2) is 7.64. The maximum absolute atomic E-state index is 13.2. The zero-order valence-corrected chi connectivity index (χ0v) is 18.0. The second-order valence-corrected chi connectivity index (χ2v) is 8.77. The highest BCUT2D eigenvalue weighted by molar-refractivity contribution is 5.79. The van der Waals surface area contributed by atoms with Crippen LogP contribution in [-0.4, -0.2) is 52.7 Å². The number of fused-ring (bicyclic) bond motifs is 5. The lowest BCUT2D eigenvalue weighted by Crippen LogP contribution is -2.56. The SMILES string of the molecule is Cn1cc(C2=CC3COCC(C2)N3C(=O)OCC2c3ccccc3-c3ccccc32)cn1. The highest BCUT2D eigenvalue weighted by atomic mass is 16.6. The lowest BCUT2D eigenvalue weighted by Gasteiger charge is -2.43. The molecule has 0 saturated carbocycles. The first-order valence-electron chi connectivity index (χ1n) is 11.1. The normalized spacial score (nSPS) is 21.7. The molecule has 0 radical (unpaired) electrons. The number of hydrogen-bond acceptors (Lipinski definition) is 4. The summed E-state index contributed by atoms with van der Waals surface area (Å²) in [7, 11) is 1.92. The van der Waals surface area contributed by atoms with Crippen molar-refractivity contribution in [2.24, 2.45) is 7.05 Å². The summed E-state index contributed by atoms with van der Waals surface area (Å²) in [6.07, 6.45) is 6.52. The minimum absolute atomic E-state index is 0.0235. The molecule has 1 saturated heterocycles. The summed E-state index contributed by atoms with van der Waals surface area (Å²) in [5.74, 6) is 0.0636. The van der Waals surface area contributed by atoms with E-state index in [9.17, 15) is 4.79 Å². The van der Waals surface area contributed by atoms with Gasteiger partial charge in [0.25, 0.3) is 0 Å². The van der Waals surface area contributed by atoms with Gasteiger partial charge in [-0.3, -0.25) is 9.58 Å². The van der Waals surface area contributed by atoms with Crippen LogP contribution in [0.5, 0.6) is 0 Å². The van der Waals surface area contributed by atoms with E-state index in [1.807, 2.05) is 24.3 Å². The summed E-state index contributed by atoms with van der Waals surface area (Å²) in [5, 5.41) is 4.29. The minimum atomic E-state index is -0.258. The van der Waals surface area contributed by atoms with E-state index in [1.54, 1.807) is 4.68 Å². The number of morpholine rings is 1. The molecule has 2 unspecified atom stereocenters. The second-order valence-electron chi connectivity index (χ2n) is 8.77. The van der Waals surface area contributed by atoms with Crippen LogP contribution in [0.15, 0.2) is 67.0 Å². The van der Waals surface area contributed by atoms with Crippen molar-refractivity contribution in [3.8, 4) is 11.1 Å². The lowest BCUT2D eigenvalue weighted by molar-refractivity contribution is -0.0331. The summed E-state index contributed by atoms with van der Waals surface area (Å²) >= 11 is 0. The van der Waals surface area contributed by atoms with Crippen molar-refractivity contribution >= 4 is 11.7 Å². The maximum Gasteiger partial charge on any atom is 0.410 e. The Labute approximate surface area is 187 Å². The van der Waals surface area contributed by atoms with Crippen molar-refractivity contribution < 1.29 is 14.3 Å². The number of carbonyl (C=O) groups excluding carboxylic acids is 1. The molecule has 1 aliphatic carbocycles. The molecule has 32 heavy (non-hydrogen) atoms. The topological polar surface area (TPSA) is 56.6 Å². The average Bonchev–Trinajstić information content (AvgIpc) is 3.38. The molecule has 2 atom stereocenters. The molecule has 2 aliphatic heterocycles. The number of ether oxygens (including phenoxy) is 2. The minimum Gasteiger partial charge on any atom is -0.448 e. The van der Waals surface area contributed by atoms with Crippen LogP contribution < -0.4 is 0 Å². The first kappa shape index (κ1) is 19.3. The van der Waals surface area contributed by atoms with Crippen molar-refractivity contribution in [1.29, 1.82) is 0 Å². The number of aromatic nitrogens is 2. The molecule has 162 valence electrons. The smallest absolute Gasteiger partial charge is 0.410 e. The van der Waals surface area contributed by atoms with Gasteiger partial charge in [-0.15, -0.1) is 0 Å². The van der Waals surface area contributed by atoms with Crippen LogP contribution in [0.1, 0.15) is 29.0 Å². The van der Waals surface area contributed by atoms with Gasteiger partial charge in [0.05, 0.1) is 31.5 Å². The summed E-state index contributed by atoms with van der Waals surface area (Å²) < 4.78 is 13.5. The van der Waals surface area contributed by atoms with Gasteiger partial charge in [-0.2, -0.15) is 5.10 Å². The van der Waals surface area contributed by atoms with Gasteiger partial charge in [0.1, 0.15) is 6.61 Å². The van der Waals surface area contributed by atoms with Gasteiger partial charge in [-0.25, -0.2) is 4.79 Å². The van der Waals surface area contributed by atoms with Crippen molar-refractivity contribution in [3.63, 3.8) is 0 Å². The molecule has 3 aromatic rings. The van der Waals surface area contributed by atoms with Crippen molar-refractivity contribution in [3.05, 3.63) is 83.7 Å². The van der Waals surface area contributed by atoms with E-state index in [0.29, 0.717) is 19.8 Å². The molecule has 6 rings (SSSR count). The number of hydrogen-bond donors (Lipinski definition) is 0. The number of nitrogens with zero attached hydrogens (tertiary/aromatic N) is 3. The van der Waals surface area contributed by atoms with Gasteiger partial charge >= 0.3 is 6.09 Å². The third-order valence-corrected chi connectivity index (χ3v) is 6.82. The standard InChI is InChI=1S/C26H25N3O3/c1-28-13-18(12-27-28)17-10-19-14-31-15-20(11-17)29(19)26(30)32-16-25-23-8-4-2-6-21(23)22-7-3-5-9-24(22)25/h2-10,12-13,19-20,25H,11,14-16H2,1H3. The largest absolute Gasteiger partial charge is 0.448 e. The summed E-state index contributed by atoms with van der Waals surface area (Å²) in [6.45, 7) is 1.35. The predicted molar refractivity (Wildman–Crippen MR) is 121 cm³/mol. The number of carbonyl (C=O) groups is 1. The Morgan fingerprint density at radius 1 is 1.09 bits per heavy atom. The van der Waals surface area contributed by atoms with Gasteiger partial charge in [-0.05, 0) is 34.2 Å². The molecule has 2 aromatic carbocycles. The van der Waals surface area contributed by atoms with Gasteiger partial charge in [-0.1, -0.05) is 54.6 Å².